The monoisotopic (exact) mass is 323 g/mol. The molecule has 1 aliphatic heterocycles. The van der Waals surface area contributed by atoms with Crippen molar-refractivity contribution in [3.05, 3.63) is 71.8 Å². The maximum atomic E-state index is 12.8. The average Bonchev–Trinajstić information content (AvgIpc) is 3.02. The van der Waals surface area contributed by atoms with Crippen LogP contribution in [0.25, 0.3) is 0 Å². The van der Waals surface area contributed by atoms with Crippen LogP contribution >= 0.6 is 0 Å². The van der Waals surface area contributed by atoms with E-state index in [1.165, 1.54) is 4.90 Å². The van der Waals surface area contributed by atoms with Crippen molar-refractivity contribution in [2.75, 3.05) is 6.61 Å². The second-order valence-electron chi connectivity index (χ2n) is 5.99. The molecule has 1 fully saturated rings. The lowest BCUT2D eigenvalue weighted by atomic mass is 9.92. The summed E-state index contributed by atoms with van der Waals surface area (Å²) in [7, 11) is 0. The van der Waals surface area contributed by atoms with Crippen molar-refractivity contribution < 1.29 is 14.3 Å². The van der Waals surface area contributed by atoms with E-state index < -0.39 is 6.09 Å². The van der Waals surface area contributed by atoms with E-state index in [2.05, 4.69) is 6.92 Å². The first-order chi connectivity index (χ1) is 11.7. The third-order valence-corrected chi connectivity index (χ3v) is 4.51. The van der Waals surface area contributed by atoms with Gasteiger partial charge in [0, 0.05) is 6.42 Å². The maximum Gasteiger partial charge on any atom is 0.417 e. The number of carbonyl (C=O) groups excluding carboxylic acids is 2. The number of ether oxygens (including phenoxy) is 1. The number of cyclic esters (lactones) is 1. The Bertz CT molecular complexity index is 699. The van der Waals surface area contributed by atoms with E-state index in [1.54, 1.807) is 0 Å². The first kappa shape index (κ1) is 16.2. The van der Waals surface area contributed by atoms with E-state index in [-0.39, 0.29) is 24.5 Å². The molecule has 4 nitrogen and oxygen atoms in total. The van der Waals surface area contributed by atoms with E-state index in [1.807, 2.05) is 60.7 Å². The molecule has 2 aromatic carbocycles. The lowest BCUT2D eigenvalue weighted by Crippen LogP contribution is -2.35. The maximum absolute atomic E-state index is 12.8. The largest absolute Gasteiger partial charge is 0.446 e. The normalized spacial score (nSPS) is 18.3. The minimum absolute atomic E-state index is 0.100. The minimum atomic E-state index is -0.545. The number of rotatable bonds is 5. The van der Waals surface area contributed by atoms with Gasteiger partial charge in [0.15, 0.2) is 0 Å². The standard InChI is InChI=1S/C20H21NO3/c1-2-15(16-9-5-3-6-10-16)13-19(22)21-18(14-24-20(21)23)17-11-7-4-8-12-17/h3-12,15,18H,2,13-14H2,1H3/t15-,18?/m1/s1. The lowest BCUT2D eigenvalue weighted by molar-refractivity contribution is -0.129. The second-order valence-corrected chi connectivity index (χ2v) is 5.99. The van der Waals surface area contributed by atoms with E-state index >= 15 is 0 Å². The first-order valence-corrected chi connectivity index (χ1v) is 8.29. The quantitative estimate of drug-likeness (QED) is 0.824. The number of nitrogens with zero attached hydrogens (tertiary/aromatic N) is 1. The van der Waals surface area contributed by atoms with Crippen LogP contribution in [-0.2, 0) is 9.53 Å². The summed E-state index contributed by atoms with van der Waals surface area (Å²) in [4.78, 5) is 26.2. The van der Waals surface area contributed by atoms with Gasteiger partial charge in [0.1, 0.15) is 12.6 Å². The van der Waals surface area contributed by atoms with E-state index in [0.29, 0.717) is 6.42 Å². The molecule has 0 bridgehead atoms. The topological polar surface area (TPSA) is 46.6 Å². The SMILES string of the molecule is CC[C@H](CC(=O)N1C(=O)OCC1c1ccccc1)c1ccccc1. The molecule has 1 saturated heterocycles. The van der Waals surface area contributed by atoms with Gasteiger partial charge < -0.3 is 4.74 Å². The molecule has 0 aliphatic carbocycles. The number of carbonyl (C=O) groups is 2. The zero-order valence-electron chi connectivity index (χ0n) is 13.7. The Balaban J connectivity index is 1.78. The minimum Gasteiger partial charge on any atom is -0.446 e. The van der Waals surface area contributed by atoms with Crippen LogP contribution < -0.4 is 0 Å². The Labute approximate surface area is 142 Å². The molecule has 0 radical (unpaired) electrons. The number of hydrogen-bond acceptors (Lipinski definition) is 3. The van der Waals surface area contributed by atoms with Gasteiger partial charge in [0.25, 0.3) is 0 Å². The van der Waals surface area contributed by atoms with E-state index in [0.717, 1.165) is 17.5 Å². The fraction of sp³-hybridized carbons (Fsp3) is 0.300. The smallest absolute Gasteiger partial charge is 0.417 e. The second kappa shape index (κ2) is 7.30. The number of hydrogen-bond donors (Lipinski definition) is 0. The van der Waals surface area contributed by atoms with Gasteiger partial charge in [0.05, 0.1) is 0 Å². The Morgan fingerprint density at radius 3 is 2.38 bits per heavy atom. The van der Waals surface area contributed by atoms with Crippen LogP contribution in [0.2, 0.25) is 0 Å². The van der Waals surface area contributed by atoms with Gasteiger partial charge in [-0.1, -0.05) is 67.6 Å². The molecule has 0 saturated carbocycles. The van der Waals surface area contributed by atoms with Crippen LogP contribution in [-0.4, -0.2) is 23.5 Å². The summed E-state index contributed by atoms with van der Waals surface area (Å²) in [5, 5.41) is 0. The summed E-state index contributed by atoms with van der Waals surface area (Å²) in [5.41, 5.74) is 2.04. The molecule has 0 N–H and O–H groups in total. The molecule has 0 spiro atoms. The zero-order chi connectivity index (χ0) is 16.9. The molecule has 2 atom stereocenters. The van der Waals surface area contributed by atoms with Gasteiger partial charge in [-0.15, -0.1) is 0 Å². The summed E-state index contributed by atoms with van der Waals surface area (Å²) < 4.78 is 5.14. The Kier molecular flexibility index (Phi) is 4.94. The molecule has 4 heteroatoms. The van der Waals surface area contributed by atoms with Crippen LogP contribution in [0.4, 0.5) is 4.79 Å². The number of imide groups is 1. The summed E-state index contributed by atoms with van der Waals surface area (Å²) in [5.74, 6) is -0.0782. The van der Waals surface area contributed by atoms with Crippen LogP contribution in [0.5, 0.6) is 0 Å². The fourth-order valence-corrected chi connectivity index (χ4v) is 3.15. The van der Waals surface area contributed by atoms with E-state index in [9.17, 15) is 9.59 Å². The van der Waals surface area contributed by atoms with Crippen molar-refractivity contribution >= 4 is 12.0 Å². The highest BCUT2D eigenvalue weighted by Crippen LogP contribution is 2.31. The highest BCUT2D eigenvalue weighted by Gasteiger charge is 2.39. The molecule has 2 amide bonds. The zero-order valence-corrected chi connectivity index (χ0v) is 13.7. The Morgan fingerprint density at radius 1 is 1.12 bits per heavy atom. The highest BCUT2D eigenvalue weighted by molar-refractivity contribution is 5.94. The molecule has 1 aliphatic rings. The third kappa shape index (κ3) is 3.32. The molecule has 3 rings (SSSR count). The van der Waals surface area contributed by atoms with Gasteiger partial charge in [0.2, 0.25) is 5.91 Å². The van der Waals surface area contributed by atoms with Gasteiger partial charge >= 0.3 is 6.09 Å². The molecule has 2 aromatic rings. The molecule has 0 aromatic heterocycles. The van der Waals surface area contributed by atoms with E-state index in [4.69, 9.17) is 4.74 Å². The van der Waals surface area contributed by atoms with Gasteiger partial charge in [-0.05, 0) is 23.5 Å². The van der Waals surface area contributed by atoms with Crippen molar-refractivity contribution in [3.8, 4) is 0 Å². The van der Waals surface area contributed by atoms with Crippen LogP contribution in [0, 0.1) is 0 Å². The summed E-state index contributed by atoms with van der Waals surface area (Å²) in [6, 6.07) is 19.2. The fourth-order valence-electron chi connectivity index (χ4n) is 3.15. The molecule has 1 unspecified atom stereocenters. The number of benzene rings is 2. The van der Waals surface area contributed by atoms with Crippen molar-refractivity contribution in [3.63, 3.8) is 0 Å². The molecular weight excluding hydrogens is 302 g/mol. The van der Waals surface area contributed by atoms with Crippen molar-refractivity contribution in [1.82, 2.24) is 4.90 Å². The van der Waals surface area contributed by atoms with Crippen molar-refractivity contribution in [1.29, 1.82) is 0 Å². The molecule has 24 heavy (non-hydrogen) atoms. The van der Waals surface area contributed by atoms with Gasteiger partial charge in [-0.2, -0.15) is 0 Å². The average molecular weight is 323 g/mol. The van der Waals surface area contributed by atoms with Crippen LogP contribution in [0.15, 0.2) is 60.7 Å². The van der Waals surface area contributed by atoms with Crippen molar-refractivity contribution in [2.45, 2.75) is 31.7 Å². The highest BCUT2D eigenvalue weighted by atomic mass is 16.6. The third-order valence-electron chi connectivity index (χ3n) is 4.51. The van der Waals surface area contributed by atoms with Crippen LogP contribution in [0.3, 0.4) is 0 Å². The van der Waals surface area contributed by atoms with Crippen molar-refractivity contribution in [2.24, 2.45) is 0 Å². The summed E-state index contributed by atoms with van der Waals surface area (Å²) in [6.45, 7) is 2.28. The predicted molar refractivity (Wildman–Crippen MR) is 91.5 cm³/mol. The molecular formula is C20H21NO3. The van der Waals surface area contributed by atoms with Gasteiger partial charge in [-0.25, -0.2) is 9.69 Å². The molecule has 124 valence electrons. The first-order valence-electron chi connectivity index (χ1n) is 8.29. The summed E-state index contributed by atoms with van der Waals surface area (Å²) >= 11 is 0. The number of amides is 2. The summed E-state index contributed by atoms with van der Waals surface area (Å²) in [6.07, 6.45) is 0.602. The van der Waals surface area contributed by atoms with Crippen LogP contribution in [0.1, 0.15) is 42.9 Å². The Hall–Kier alpha value is -2.62. The van der Waals surface area contributed by atoms with Gasteiger partial charge in [-0.3, -0.25) is 4.79 Å². The lowest BCUT2D eigenvalue weighted by Gasteiger charge is -2.22. The Morgan fingerprint density at radius 2 is 1.75 bits per heavy atom. The predicted octanol–water partition coefficient (Wildman–Crippen LogP) is 4.29. The molecule has 1 heterocycles.